The van der Waals surface area contributed by atoms with Gasteiger partial charge in [0.05, 0.1) is 11.1 Å². The topological polar surface area (TPSA) is 114 Å². The van der Waals surface area contributed by atoms with Crippen LogP contribution in [0, 0.1) is 18.7 Å². The number of aryl methyl sites for hydroxylation is 1. The third-order valence-corrected chi connectivity index (χ3v) is 5.60. The number of rotatable bonds is 6. The molecule has 0 spiro atoms. The van der Waals surface area contributed by atoms with Crippen LogP contribution in [0.4, 0.5) is 4.39 Å². The van der Waals surface area contributed by atoms with E-state index in [1.54, 1.807) is 24.5 Å². The first-order valence-electron chi connectivity index (χ1n) is 10.3. The summed E-state index contributed by atoms with van der Waals surface area (Å²) in [6.07, 6.45) is 4.62. The number of H-pyrrole nitrogens is 1. The van der Waals surface area contributed by atoms with Crippen LogP contribution in [0.25, 0.3) is 33.7 Å². The molecule has 2 N–H and O–H groups in total. The van der Waals surface area contributed by atoms with E-state index in [1.165, 1.54) is 6.07 Å². The van der Waals surface area contributed by atoms with Crippen LogP contribution in [0.3, 0.4) is 0 Å². The van der Waals surface area contributed by atoms with Crippen molar-refractivity contribution in [2.45, 2.75) is 32.3 Å². The quantitative estimate of drug-likeness (QED) is 0.469. The summed E-state index contributed by atoms with van der Waals surface area (Å²) in [5.41, 5.74) is 3.78. The summed E-state index contributed by atoms with van der Waals surface area (Å²) in [7, 11) is 0. The molecule has 0 atom stereocenters. The van der Waals surface area contributed by atoms with E-state index in [4.69, 9.17) is 9.84 Å². The third-order valence-electron chi connectivity index (χ3n) is 5.60. The lowest BCUT2D eigenvalue weighted by atomic mass is 9.80. The minimum atomic E-state index is -0.792. The lowest BCUT2D eigenvalue weighted by Gasteiger charge is -2.33. The summed E-state index contributed by atoms with van der Waals surface area (Å²) in [6.45, 7) is 1.88. The maximum atomic E-state index is 14.9. The molecule has 0 aliphatic heterocycles. The first-order chi connectivity index (χ1) is 15.4. The Bertz CT molecular complexity index is 1300. The molecule has 0 saturated heterocycles. The van der Waals surface area contributed by atoms with Crippen LogP contribution in [0.1, 0.15) is 25.0 Å². The maximum absolute atomic E-state index is 14.9. The zero-order valence-electron chi connectivity index (χ0n) is 17.2. The number of pyridine rings is 1. The minimum absolute atomic E-state index is 0.0657. The lowest BCUT2D eigenvalue weighted by molar-refractivity contribution is -0.139. The molecular weight excluding hydrogens is 413 g/mol. The van der Waals surface area contributed by atoms with E-state index in [-0.39, 0.29) is 24.5 Å². The van der Waals surface area contributed by atoms with Crippen molar-refractivity contribution < 1.29 is 19.0 Å². The largest absolute Gasteiger partial charge is 0.481 e. The van der Waals surface area contributed by atoms with Gasteiger partial charge in [-0.25, -0.2) is 24.3 Å². The average molecular weight is 433 g/mol. The molecule has 3 aromatic heterocycles. The van der Waals surface area contributed by atoms with E-state index in [1.807, 2.05) is 19.1 Å². The highest BCUT2D eigenvalue weighted by Gasteiger charge is 2.32. The summed E-state index contributed by atoms with van der Waals surface area (Å²) in [5.74, 6) is -0.648. The van der Waals surface area contributed by atoms with Gasteiger partial charge in [0, 0.05) is 30.1 Å². The summed E-state index contributed by atoms with van der Waals surface area (Å²) in [5, 5.41) is 8.81. The van der Waals surface area contributed by atoms with Crippen molar-refractivity contribution in [3.05, 3.63) is 54.2 Å². The van der Waals surface area contributed by atoms with Crippen molar-refractivity contribution >= 4 is 17.1 Å². The molecule has 5 rings (SSSR count). The second-order valence-corrected chi connectivity index (χ2v) is 8.03. The Morgan fingerprint density at radius 3 is 2.66 bits per heavy atom. The molecule has 1 aromatic carbocycles. The molecule has 8 nitrogen and oxygen atoms in total. The van der Waals surface area contributed by atoms with Gasteiger partial charge in [0.25, 0.3) is 0 Å². The number of fused-ring (bicyclic) bond motifs is 1. The van der Waals surface area contributed by atoms with E-state index in [9.17, 15) is 9.18 Å². The molecule has 0 amide bonds. The molecule has 0 bridgehead atoms. The summed E-state index contributed by atoms with van der Waals surface area (Å²) >= 11 is 0. The standard InChI is InChI=1S/C23H20FN5O3/c1-12-2-5-19-22(27-12)29-21(28-19)17-4-3-14(9-18(17)24)15-10-25-23(26-11-15)32-16-6-13(7-16)8-20(30)31/h2-5,9-11,13,16H,6-8H2,1H3,(H,30,31)(H,27,28,29). The molecular formula is C23H20FN5O3. The highest BCUT2D eigenvalue weighted by Crippen LogP contribution is 2.33. The number of ether oxygens (including phenoxy) is 1. The van der Waals surface area contributed by atoms with Crippen molar-refractivity contribution in [1.29, 1.82) is 0 Å². The fraction of sp³-hybridized carbons (Fsp3) is 0.261. The number of carbonyl (C=O) groups is 1. The number of carboxylic acids is 1. The van der Waals surface area contributed by atoms with Crippen LogP contribution in [-0.2, 0) is 4.79 Å². The first-order valence-corrected chi connectivity index (χ1v) is 10.3. The highest BCUT2D eigenvalue weighted by molar-refractivity contribution is 5.77. The zero-order chi connectivity index (χ0) is 22.2. The predicted molar refractivity (Wildman–Crippen MR) is 114 cm³/mol. The molecule has 0 unspecified atom stereocenters. The summed E-state index contributed by atoms with van der Waals surface area (Å²) in [4.78, 5) is 31.0. The number of aromatic nitrogens is 5. The van der Waals surface area contributed by atoms with Crippen LogP contribution in [-0.4, -0.2) is 42.1 Å². The molecule has 4 aromatic rings. The first kappa shape index (κ1) is 20.0. The molecule has 1 aliphatic carbocycles. The van der Waals surface area contributed by atoms with Gasteiger partial charge in [-0.1, -0.05) is 6.07 Å². The maximum Gasteiger partial charge on any atom is 0.316 e. The van der Waals surface area contributed by atoms with Crippen molar-refractivity contribution in [3.8, 4) is 28.5 Å². The molecule has 1 aliphatic rings. The van der Waals surface area contributed by atoms with Gasteiger partial charge in [-0.05, 0) is 55.5 Å². The number of carboxylic acid groups (broad SMARTS) is 1. The fourth-order valence-corrected chi connectivity index (χ4v) is 3.86. The highest BCUT2D eigenvalue weighted by atomic mass is 19.1. The summed E-state index contributed by atoms with van der Waals surface area (Å²) < 4.78 is 20.6. The Kier molecular flexibility index (Phi) is 5.01. The Morgan fingerprint density at radius 1 is 1.16 bits per heavy atom. The van der Waals surface area contributed by atoms with Crippen molar-refractivity contribution in [3.63, 3.8) is 0 Å². The number of nitrogens with zero attached hydrogens (tertiary/aromatic N) is 4. The van der Waals surface area contributed by atoms with Gasteiger partial charge in [0.1, 0.15) is 17.7 Å². The van der Waals surface area contributed by atoms with Gasteiger partial charge in [-0.3, -0.25) is 4.79 Å². The summed E-state index contributed by atoms with van der Waals surface area (Å²) in [6, 6.07) is 8.84. The Balaban J connectivity index is 1.29. The average Bonchev–Trinajstić information content (AvgIpc) is 3.15. The number of nitrogens with one attached hydrogen (secondary N) is 1. The molecule has 1 saturated carbocycles. The van der Waals surface area contributed by atoms with Gasteiger partial charge in [0.2, 0.25) is 0 Å². The SMILES string of the molecule is Cc1ccc2[nH]c(-c3ccc(-c4cnc(OC5CC(CC(=O)O)C5)nc4)cc3F)nc2n1. The third kappa shape index (κ3) is 4.01. The molecule has 162 valence electrons. The number of hydrogen-bond acceptors (Lipinski definition) is 6. The van der Waals surface area contributed by atoms with E-state index >= 15 is 0 Å². The van der Waals surface area contributed by atoms with Crippen molar-refractivity contribution in [2.24, 2.45) is 5.92 Å². The normalized spacial score (nSPS) is 17.8. The number of halogens is 1. The smallest absolute Gasteiger partial charge is 0.316 e. The van der Waals surface area contributed by atoms with Crippen LogP contribution >= 0.6 is 0 Å². The number of aromatic amines is 1. The fourth-order valence-electron chi connectivity index (χ4n) is 3.86. The predicted octanol–water partition coefficient (Wildman–Crippen LogP) is 4.16. The van der Waals surface area contributed by atoms with Crippen molar-refractivity contribution in [2.75, 3.05) is 0 Å². The molecule has 3 heterocycles. The van der Waals surface area contributed by atoms with E-state index in [0.29, 0.717) is 41.0 Å². The van der Waals surface area contributed by atoms with E-state index in [0.717, 1.165) is 11.2 Å². The minimum Gasteiger partial charge on any atom is -0.481 e. The van der Waals surface area contributed by atoms with Crippen molar-refractivity contribution in [1.82, 2.24) is 24.9 Å². The monoisotopic (exact) mass is 433 g/mol. The molecule has 32 heavy (non-hydrogen) atoms. The Morgan fingerprint density at radius 2 is 1.94 bits per heavy atom. The van der Waals surface area contributed by atoms with Gasteiger partial charge in [-0.2, -0.15) is 0 Å². The number of benzene rings is 1. The van der Waals surface area contributed by atoms with Crippen LogP contribution < -0.4 is 4.74 Å². The zero-order valence-corrected chi connectivity index (χ0v) is 17.2. The second kappa shape index (κ2) is 7.99. The molecule has 9 heteroatoms. The number of imidazole rings is 1. The van der Waals surface area contributed by atoms with Gasteiger partial charge in [-0.15, -0.1) is 0 Å². The van der Waals surface area contributed by atoms with Crippen LogP contribution in [0.15, 0.2) is 42.7 Å². The Hall–Kier alpha value is -3.88. The van der Waals surface area contributed by atoms with Gasteiger partial charge >= 0.3 is 12.0 Å². The second-order valence-electron chi connectivity index (χ2n) is 8.03. The van der Waals surface area contributed by atoms with E-state index < -0.39 is 11.8 Å². The Labute approximate surface area is 182 Å². The number of hydrogen-bond donors (Lipinski definition) is 2. The van der Waals surface area contributed by atoms with Crippen LogP contribution in [0.5, 0.6) is 6.01 Å². The number of aliphatic carboxylic acids is 1. The van der Waals surface area contributed by atoms with Gasteiger partial charge < -0.3 is 14.8 Å². The van der Waals surface area contributed by atoms with Crippen LogP contribution in [0.2, 0.25) is 0 Å². The molecule has 1 fully saturated rings. The lowest BCUT2D eigenvalue weighted by Crippen LogP contribution is -2.35. The van der Waals surface area contributed by atoms with E-state index in [2.05, 4.69) is 24.9 Å². The molecule has 0 radical (unpaired) electrons. The van der Waals surface area contributed by atoms with Gasteiger partial charge in [0.15, 0.2) is 5.65 Å².